The highest BCUT2D eigenvalue weighted by molar-refractivity contribution is 5.55. The van der Waals surface area contributed by atoms with E-state index in [4.69, 9.17) is 9.15 Å². The van der Waals surface area contributed by atoms with Gasteiger partial charge in [0.25, 0.3) is 0 Å². The van der Waals surface area contributed by atoms with Crippen molar-refractivity contribution in [3.63, 3.8) is 0 Å². The van der Waals surface area contributed by atoms with Gasteiger partial charge < -0.3 is 14.5 Å². The van der Waals surface area contributed by atoms with Gasteiger partial charge in [-0.15, -0.1) is 10.2 Å². The summed E-state index contributed by atoms with van der Waals surface area (Å²) in [6.07, 6.45) is 0.748. The number of hydrogen-bond donors (Lipinski definition) is 1. The maximum Gasteiger partial charge on any atom is 0.247 e. The molecule has 1 aliphatic rings. The monoisotopic (exact) mass is 245 g/mol. The van der Waals surface area contributed by atoms with Gasteiger partial charge in [0.15, 0.2) is 0 Å². The third-order valence-electron chi connectivity index (χ3n) is 3.02. The molecule has 94 valence electrons. The number of nitrogens with one attached hydrogen (secondary N) is 1. The van der Waals surface area contributed by atoms with E-state index in [0.717, 1.165) is 18.5 Å². The molecule has 5 heteroatoms. The molecular weight excluding hydrogens is 230 g/mol. The summed E-state index contributed by atoms with van der Waals surface area (Å²) in [7, 11) is 1.90. The highest BCUT2D eigenvalue weighted by Crippen LogP contribution is 2.26. The molecule has 0 bridgehead atoms. The van der Waals surface area contributed by atoms with Crippen LogP contribution in [0, 0.1) is 0 Å². The Balaban J connectivity index is 1.83. The van der Waals surface area contributed by atoms with E-state index in [1.54, 1.807) is 0 Å². The quantitative estimate of drug-likeness (QED) is 0.885. The fourth-order valence-corrected chi connectivity index (χ4v) is 2.01. The van der Waals surface area contributed by atoms with Gasteiger partial charge in [0.1, 0.15) is 0 Å². The van der Waals surface area contributed by atoms with E-state index >= 15 is 0 Å². The summed E-state index contributed by atoms with van der Waals surface area (Å²) in [4.78, 5) is 0. The number of benzene rings is 1. The molecule has 0 unspecified atom stereocenters. The molecule has 0 radical (unpaired) electrons. The van der Waals surface area contributed by atoms with Crippen LogP contribution in [0.1, 0.15) is 17.0 Å². The standard InChI is InChI=1S/C13H15N3O2/c1-14-5-4-12-15-16-13(18-12)9-2-3-10-7-17-8-11(10)6-9/h2-3,6,14H,4-5,7-8H2,1H3. The molecule has 5 nitrogen and oxygen atoms in total. The smallest absolute Gasteiger partial charge is 0.247 e. The largest absolute Gasteiger partial charge is 0.421 e. The third kappa shape index (κ3) is 2.14. The second-order valence-corrected chi connectivity index (χ2v) is 4.33. The van der Waals surface area contributed by atoms with Gasteiger partial charge in [0.05, 0.1) is 13.2 Å². The number of rotatable bonds is 4. The number of aromatic nitrogens is 2. The Morgan fingerprint density at radius 2 is 2.11 bits per heavy atom. The van der Waals surface area contributed by atoms with Gasteiger partial charge in [-0.05, 0) is 30.3 Å². The zero-order chi connectivity index (χ0) is 12.4. The van der Waals surface area contributed by atoms with Crippen molar-refractivity contribution in [2.45, 2.75) is 19.6 Å². The van der Waals surface area contributed by atoms with Crippen LogP contribution in [0.25, 0.3) is 11.5 Å². The van der Waals surface area contributed by atoms with Crippen molar-refractivity contribution in [1.29, 1.82) is 0 Å². The predicted octanol–water partition coefficient (Wildman–Crippen LogP) is 1.53. The Hall–Kier alpha value is -1.72. The molecule has 0 saturated carbocycles. The summed E-state index contributed by atoms with van der Waals surface area (Å²) in [5.74, 6) is 1.24. The minimum absolute atomic E-state index is 0.579. The van der Waals surface area contributed by atoms with Gasteiger partial charge in [-0.1, -0.05) is 6.07 Å². The first-order valence-electron chi connectivity index (χ1n) is 6.04. The first-order chi connectivity index (χ1) is 8.86. The molecule has 0 amide bonds. The lowest BCUT2D eigenvalue weighted by Crippen LogP contribution is -2.10. The van der Waals surface area contributed by atoms with Gasteiger partial charge in [-0.2, -0.15) is 0 Å². The van der Waals surface area contributed by atoms with E-state index in [9.17, 15) is 0 Å². The van der Waals surface area contributed by atoms with Gasteiger partial charge in [-0.3, -0.25) is 0 Å². The van der Waals surface area contributed by atoms with E-state index in [1.807, 2.05) is 13.1 Å². The third-order valence-corrected chi connectivity index (χ3v) is 3.02. The highest BCUT2D eigenvalue weighted by Gasteiger charge is 2.14. The summed E-state index contributed by atoms with van der Waals surface area (Å²) in [5.41, 5.74) is 3.42. The topological polar surface area (TPSA) is 60.2 Å². The van der Waals surface area contributed by atoms with Gasteiger partial charge in [-0.25, -0.2) is 0 Å². The number of ether oxygens (including phenoxy) is 1. The minimum Gasteiger partial charge on any atom is -0.421 e. The normalized spacial score (nSPS) is 13.8. The first kappa shape index (κ1) is 11.4. The maximum absolute atomic E-state index is 5.63. The molecule has 0 atom stereocenters. The van der Waals surface area contributed by atoms with Crippen molar-refractivity contribution in [3.05, 3.63) is 35.2 Å². The van der Waals surface area contributed by atoms with Crippen LogP contribution in [0.5, 0.6) is 0 Å². The van der Waals surface area contributed by atoms with Gasteiger partial charge in [0, 0.05) is 18.5 Å². The second kappa shape index (κ2) is 4.88. The molecule has 1 aromatic heterocycles. The van der Waals surface area contributed by atoms with Crippen molar-refractivity contribution in [2.75, 3.05) is 13.6 Å². The summed E-state index contributed by atoms with van der Waals surface area (Å²) in [6, 6.07) is 6.13. The Bertz CT molecular complexity index is 551. The van der Waals surface area contributed by atoms with Crippen molar-refractivity contribution in [1.82, 2.24) is 15.5 Å². The van der Waals surface area contributed by atoms with Crippen LogP contribution in [0.15, 0.2) is 22.6 Å². The Labute approximate surface area is 105 Å². The van der Waals surface area contributed by atoms with E-state index in [0.29, 0.717) is 25.0 Å². The Morgan fingerprint density at radius 1 is 1.22 bits per heavy atom. The molecule has 0 saturated heterocycles. The van der Waals surface area contributed by atoms with Crippen LogP contribution in [0.2, 0.25) is 0 Å². The maximum atomic E-state index is 5.63. The molecule has 1 N–H and O–H groups in total. The van der Waals surface area contributed by atoms with Gasteiger partial charge >= 0.3 is 0 Å². The SMILES string of the molecule is CNCCc1nnc(-c2ccc3c(c2)COC3)o1. The van der Waals surface area contributed by atoms with E-state index in [1.165, 1.54) is 11.1 Å². The predicted molar refractivity (Wildman–Crippen MR) is 65.9 cm³/mol. The Morgan fingerprint density at radius 3 is 3.00 bits per heavy atom. The summed E-state index contributed by atoms with van der Waals surface area (Å²) in [6.45, 7) is 2.20. The summed E-state index contributed by atoms with van der Waals surface area (Å²) < 4.78 is 11.0. The number of nitrogens with zero attached hydrogens (tertiary/aromatic N) is 2. The molecule has 0 fully saturated rings. The zero-order valence-electron chi connectivity index (χ0n) is 10.3. The van der Waals surface area contributed by atoms with E-state index in [2.05, 4.69) is 27.6 Å². The number of fused-ring (bicyclic) bond motifs is 1. The van der Waals surface area contributed by atoms with E-state index in [-0.39, 0.29) is 0 Å². The molecule has 2 aromatic rings. The summed E-state index contributed by atoms with van der Waals surface area (Å²) in [5, 5.41) is 11.2. The molecule has 1 aromatic carbocycles. The second-order valence-electron chi connectivity index (χ2n) is 4.33. The van der Waals surface area contributed by atoms with Crippen molar-refractivity contribution in [2.24, 2.45) is 0 Å². The van der Waals surface area contributed by atoms with Crippen LogP contribution in [0.4, 0.5) is 0 Å². The lowest BCUT2D eigenvalue weighted by Gasteiger charge is -1.99. The molecule has 1 aliphatic heterocycles. The van der Waals surface area contributed by atoms with Crippen LogP contribution in [-0.2, 0) is 24.4 Å². The lowest BCUT2D eigenvalue weighted by molar-refractivity contribution is 0.134. The molecule has 18 heavy (non-hydrogen) atoms. The van der Waals surface area contributed by atoms with E-state index < -0.39 is 0 Å². The summed E-state index contributed by atoms with van der Waals surface area (Å²) >= 11 is 0. The Kier molecular flexibility index (Phi) is 3.08. The fourth-order valence-electron chi connectivity index (χ4n) is 2.01. The van der Waals surface area contributed by atoms with Gasteiger partial charge in [0.2, 0.25) is 11.8 Å². The van der Waals surface area contributed by atoms with Crippen molar-refractivity contribution < 1.29 is 9.15 Å². The van der Waals surface area contributed by atoms with Crippen molar-refractivity contribution >= 4 is 0 Å². The molecule has 0 spiro atoms. The van der Waals surface area contributed by atoms with Crippen LogP contribution < -0.4 is 5.32 Å². The lowest BCUT2D eigenvalue weighted by atomic mass is 10.1. The van der Waals surface area contributed by atoms with Crippen LogP contribution in [-0.4, -0.2) is 23.8 Å². The number of likely N-dealkylation sites (N-methyl/N-ethyl adjacent to an activating group) is 1. The average molecular weight is 245 g/mol. The first-order valence-corrected chi connectivity index (χ1v) is 6.04. The number of hydrogen-bond acceptors (Lipinski definition) is 5. The molecule has 0 aliphatic carbocycles. The highest BCUT2D eigenvalue weighted by atomic mass is 16.5. The minimum atomic E-state index is 0.579. The molecule has 2 heterocycles. The van der Waals surface area contributed by atoms with Crippen LogP contribution >= 0.6 is 0 Å². The van der Waals surface area contributed by atoms with Crippen molar-refractivity contribution in [3.8, 4) is 11.5 Å². The van der Waals surface area contributed by atoms with Crippen LogP contribution in [0.3, 0.4) is 0 Å². The average Bonchev–Trinajstić information content (AvgIpc) is 3.04. The zero-order valence-corrected chi connectivity index (χ0v) is 10.3. The fraction of sp³-hybridized carbons (Fsp3) is 0.385. The molecule has 3 rings (SSSR count). The molecular formula is C13H15N3O2.